The summed E-state index contributed by atoms with van der Waals surface area (Å²) in [5, 5.41) is 0. The zero-order valence-corrected chi connectivity index (χ0v) is 11.7. The van der Waals surface area contributed by atoms with Crippen LogP contribution in [-0.2, 0) is 14.3 Å². The Morgan fingerprint density at radius 3 is 3.00 bits per heavy atom. The molecular formula is C13H18N4O4. The van der Waals surface area contributed by atoms with Gasteiger partial charge in [0.1, 0.15) is 17.4 Å². The molecule has 0 spiro atoms. The van der Waals surface area contributed by atoms with Crippen molar-refractivity contribution in [1.29, 1.82) is 0 Å². The maximum Gasteiger partial charge on any atom is 0.341 e. The number of primary amides is 1. The number of nitrogens with two attached hydrogens (primary N) is 2. The lowest BCUT2D eigenvalue weighted by Gasteiger charge is -2.35. The van der Waals surface area contributed by atoms with Gasteiger partial charge in [0.05, 0.1) is 31.7 Å². The number of carbonyl (C=O) groups excluding carboxylic acids is 2. The molecule has 1 aliphatic heterocycles. The highest BCUT2D eigenvalue weighted by Gasteiger charge is 2.31. The molecule has 1 unspecified atom stereocenters. The summed E-state index contributed by atoms with van der Waals surface area (Å²) in [6.07, 6.45) is 1.42. The molecule has 1 amide bonds. The number of ether oxygens (including phenoxy) is 2. The number of esters is 1. The molecule has 4 N–H and O–H groups in total. The normalized spacial score (nSPS) is 18.3. The summed E-state index contributed by atoms with van der Waals surface area (Å²) in [5.74, 6) is -0.750. The molecule has 0 aliphatic carbocycles. The summed E-state index contributed by atoms with van der Waals surface area (Å²) in [6, 6.07) is 0.802. The molecule has 2 rings (SSSR count). The van der Waals surface area contributed by atoms with Gasteiger partial charge in [0.15, 0.2) is 0 Å². The van der Waals surface area contributed by atoms with Gasteiger partial charge in [-0.2, -0.15) is 0 Å². The van der Waals surface area contributed by atoms with Gasteiger partial charge in [0.25, 0.3) is 0 Å². The number of amides is 1. The molecule has 1 aliphatic rings. The van der Waals surface area contributed by atoms with Crippen molar-refractivity contribution in [3.8, 4) is 0 Å². The number of nitrogen functional groups attached to an aromatic ring is 1. The smallest absolute Gasteiger partial charge is 0.341 e. The average molecular weight is 294 g/mol. The van der Waals surface area contributed by atoms with Crippen LogP contribution in [0.5, 0.6) is 0 Å². The van der Waals surface area contributed by atoms with E-state index in [0.29, 0.717) is 24.7 Å². The highest BCUT2D eigenvalue weighted by molar-refractivity contribution is 5.97. The first kappa shape index (κ1) is 15.0. The van der Waals surface area contributed by atoms with Crippen LogP contribution in [0.1, 0.15) is 17.3 Å². The van der Waals surface area contributed by atoms with E-state index in [-0.39, 0.29) is 18.8 Å². The summed E-state index contributed by atoms with van der Waals surface area (Å²) in [4.78, 5) is 29.4. The van der Waals surface area contributed by atoms with Gasteiger partial charge < -0.3 is 25.8 Å². The summed E-state index contributed by atoms with van der Waals surface area (Å²) < 4.78 is 10.3. The summed E-state index contributed by atoms with van der Waals surface area (Å²) in [7, 11) is 0. The number of aromatic nitrogens is 1. The Morgan fingerprint density at radius 1 is 1.57 bits per heavy atom. The molecule has 2 heterocycles. The topological polar surface area (TPSA) is 121 Å². The highest BCUT2D eigenvalue weighted by atomic mass is 16.5. The van der Waals surface area contributed by atoms with Crippen LogP contribution >= 0.6 is 0 Å². The van der Waals surface area contributed by atoms with E-state index < -0.39 is 17.9 Å². The van der Waals surface area contributed by atoms with E-state index in [1.165, 1.54) is 12.3 Å². The lowest BCUT2D eigenvalue weighted by Crippen LogP contribution is -2.53. The van der Waals surface area contributed by atoms with Crippen molar-refractivity contribution in [3.05, 3.63) is 17.8 Å². The standard InChI is InChI=1S/C13H18N4O4/c1-2-21-13(19)9-5-8(14)6-16-12(9)17-3-4-20-7-10(17)11(15)18/h5-6,10H,2-4,7,14H2,1H3,(H2,15,18). The van der Waals surface area contributed by atoms with Gasteiger partial charge >= 0.3 is 5.97 Å². The molecule has 8 nitrogen and oxygen atoms in total. The van der Waals surface area contributed by atoms with E-state index in [9.17, 15) is 9.59 Å². The summed E-state index contributed by atoms with van der Waals surface area (Å²) in [5.41, 5.74) is 11.6. The van der Waals surface area contributed by atoms with Crippen molar-refractivity contribution < 1.29 is 19.1 Å². The molecule has 21 heavy (non-hydrogen) atoms. The molecule has 114 valence electrons. The monoisotopic (exact) mass is 294 g/mol. The van der Waals surface area contributed by atoms with Crippen molar-refractivity contribution in [1.82, 2.24) is 4.98 Å². The van der Waals surface area contributed by atoms with E-state index in [4.69, 9.17) is 20.9 Å². The number of morpholine rings is 1. The van der Waals surface area contributed by atoms with Crippen LogP contribution in [0, 0.1) is 0 Å². The number of pyridine rings is 1. The van der Waals surface area contributed by atoms with Crippen LogP contribution in [0.2, 0.25) is 0 Å². The van der Waals surface area contributed by atoms with E-state index >= 15 is 0 Å². The third kappa shape index (κ3) is 3.22. The van der Waals surface area contributed by atoms with E-state index in [0.717, 1.165) is 0 Å². The van der Waals surface area contributed by atoms with Crippen LogP contribution in [0.15, 0.2) is 12.3 Å². The Bertz CT molecular complexity index is 549. The molecule has 1 aromatic heterocycles. The quantitative estimate of drug-likeness (QED) is 0.720. The molecule has 1 aromatic rings. The second-order valence-electron chi connectivity index (χ2n) is 4.55. The molecule has 0 radical (unpaired) electrons. The van der Waals surface area contributed by atoms with Gasteiger partial charge in [-0.25, -0.2) is 9.78 Å². The molecular weight excluding hydrogens is 276 g/mol. The minimum atomic E-state index is -0.678. The van der Waals surface area contributed by atoms with E-state index in [1.807, 2.05) is 0 Å². The fourth-order valence-corrected chi connectivity index (χ4v) is 2.15. The number of nitrogens with zero attached hydrogens (tertiary/aromatic N) is 2. The maximum absolute atomic E-state index is 12.0. The SMILES string of the molecule is CCOC(=O)c1cc(N)cnc1N1CCOCC1C(N)=O. The fourth-order valence-electron chi connectivity index (χ4n) is 2.15. The Hall–Kier alpha value is -2.35. The van der Waals surface area contributed by atoms with Crippen LogP contribution < -0.4 is 16.4 Å². The summed E-state index contributed by atoms with van der Waals surface area (Å²) >= 11 is 0. The molecule has 1 atom stereocenters. The Morgan fingerprint density at radius 2 is 2.33 bits per heavy atom. The van der Waals surface area contributed by atoms with Gasteiger partial charge in [0.2, 0.25) is 5.91 Å². The van der Waals surface area contributed by atoms with Crippen molar-refractivity contribution in [2.24, 2.45) is 5.73 Å². The largest absolute Gasteiger partial charge is 0.462 e. The van der Waals surface area contributed by atoms with Gasteiger partial charge in [-0.05, 0) is 13.0 Å². The summed E-state index contributed by atoms with van der Waals surface area (Å²) in [6.45, 7) is 2.91. The van der Waals surface area contributed by atoms with Gasteiger partial charge in [-0.3, -0.25) is 4.79 Å². The number of hydrogen-bond acceptors (Lipinski definition) is 7. The van der Waals surface area contributed by atoms with E-state index in [1.54, 1.807) is 11.8 Å². The number of rotatable bonds is 4. The first-order chi connectivity index (χ1) is 10.0. The first-order valence-corrected chi connectivity index (χ1v) is 6.61. The van der Waals surface area contributed by atoms with Crippen molar-refractivity contribution in [2.75, 3.05) is 37.0 Å². The average Bonchev–Trinajstić information content (AvgIpc) is 2.47. The minimum absolute atomic E-state index is 0.156. The van der Waals surface area contributed by atoms with Crippen molar-refractivity contribution in [3.63, 3.8) is 0 Å². The number of anilines is 2. The van der Waals surface area contributed by atoms with Crippen molar-refractivity contribution in [2.45, 2.75) is 13.0 Å². The number of carbonyl (C=O) groups is 2. The lowest BCUT2D eigenvalue weighted by atomic mass is 10.1. The van der Waals surface area contributed by atoms with Crippen LogP contribution in [-0.4, -0.2) is 49.3 Å². The minimum Gasteiger partial charge on any atom is -0.462 e. The first-order valence-electron chi connectivity index (χ1n) is 6.61. The third-order valence-electron chi connectivity index (χ3n) is 3.11. The second-order valence-corrected chi connectivity index (χ2v) is 4.55. The Kier molecular flexibility index (Phi) is 4.59. The zero-order chi connectivity index (χ0) is 15.4. The molecule has 1 fully saturated rings. The fraction of sp³-hybridized carbons (Fsp3) is 0.462. The predicted molar refractivity (Wildman–Crippen MR) is 75.8 cm³/mol. The van der Waals surface area contributed by atoms with Gasteiger partial charge in [-0.15, -0.1) is 0 Å². The lowest BCUT2D eigenvalue weighted by molar-refractivity contribution is -0.121. The molecule has 8 heteroatoms. The molecule has 1 saturated heterocycles. The second kappa shape index (κ2) is 6.40. The molecule has 0 bridgehead atoms. The number of hydrogen-bond donors (Lipinski definition) is 2. The van der Waals surface area contributed by atoms with Crippen molar-refractivity contribution >= 4 is 23.4 Å². The van der Waals surface area contributed by atoms with Gasteiger partial charge in [0, 0.05) is 6.54 Å². The molecule has 0 saturated carbocycles. The predicted octanol–water partition coefficient (Wildman–Crippen LogP) is -0.469. The molecule has 0 aromatic carbocycles. The Balaban J connectivity index is 2.41. The van der Waals surface area contributed by atoms with E-state index in [2.05, 4.69) is 4.98 Å². The third-order valence-corrected chi connectivity index (χ3v) is 3.11. The Labute approximate surface area is 122 Å². The highest BCUT2D eigenvalue weighted by Crippen LogP contribution is 2.24. The van der Waals surface area contributed by atoms with Gasteiger partial charge in [-0.1, -0.05) is 0 Å². The maximum atomic E-state index is 12.0. The van der Waals surface area contributed by atoms with Crippen LogP contribution in [0.3, 0.4) is 0 Å². The zero-order valence-electron chi connectivity index (χ0n) is 11.7. The van der Waals surface area contributed by atoms with Crippen LogP contribution in [0.25, 0.3) is 0 Å². The van der Waals surface area contributed by atoms with Crippen LogP contribution in [0.4, 0.5) is 11.5 Å².